The van der Waals surface area contributed by atoms with Crippen LogP contribution in [0.1, 0.15) is 6.92 Å². The molecular weight excluding hydrogens is 122 g/mol. The van der Waals surface area contributed by atoms with E-state index in [1.807, 2.05) is 0 Å². The van der Waals surface area contributed by atoms with Crippen LogP contribution in [-0.4, -0.2) is 29.9 Å². The van der Waals surface area contributed by atoms with Gasteiger partial charge in [-0.15, -0.1) is 0 Å². The van der Waals surface area contributed by atoms with Crippen molar-refractivity contribution in [3.05, 3.63) is 0 Å². The van der Waals surface area contributed by atoms with Crippen molar-refractivity contribution in [2.45, 2.75) is 6.92 Å². The number of hydrogen-bond donors (Lipinski definition) is 2. The van der Waals surface area contributed by atoms with Crippen molar-refractivity contribution in [2.24, 2.45) is 0 Å². The molecule has 0 saturated carbocycles. The highest BCUT2D eigenvalue weighted by molar-refractivity contribution is 6.36. The minimum atomic E-state index is -0.795. The lowest BCUT2D eigenvalue weighted by Crippen LogP contribution is -2.32. The van der Waals surface area contributed by atoms with Gasteiger partial charge in [-0.1, -0.05) is 0 Å². The van der Waals surface area contributed by atoms with Gasteiger partial charge < -0.3 is 10.4 Å². The van der Waals surface area contributed by atoms with Crippen LogP contribution < -0.4 is 5.32 Å². The molecule has 0 radical (unpaired) electrons. The van der Waals surface area contributed by atoms with Crippen LogP contribution in [-0.2, 0) is 9.59 Å². The standard InChI is InChI=1S/C5H9NO3/c1-2-6-5(9)4(8)3-7/h7H,2-3H2,1H3,(H,6,9). The summed E-state index contributed by atoms with van der Waals surface area (Å²) in [5.41, 5.74) is 0. The summed E-state index contributed by atoms with van der Waals surface area (Å²) >= 11 is 0. The first-order chi connectivity index (χ1) is 4.22. The fourth-order valence-corrected chi connectivity index (χ4v) is 0.331. The number of Topliss-reactive ketones (excluding diaryl/α,β-unsaturated/α-hetero) is 1. The van der Waals surface area contributed by atoms with Gasteiger partial charge in [0.05, 0.1) is 0 Å². The molecule has 0 aromatic carbocycles. The SMILES string of the molecule is CCNC(=O)C(=O)CO. The number of nitrogens with one attached hydrogen (secondary N) is 1. The minimum Gasteiger partial charge on any atom is -0.388 e. The Morgan fingerprint density at radius 1 is 1.56 bits per heavy atom. The second-order valence-corrected chi connectivity index (χ2v) is 1.44. The number of likely N-dealkylation sites (N-methyl/N-ethyl adjacent to an activating group) is 1. The molecule has 52 valence electrons. The van der Waals surface area contributed by atoms with Crippen LogP contribution in [0, 0.1) is 0 Å². The summed E-state index contributed by atoms with van der Waals surface area (Å²) in [6.45, 7) is 1.39. The highest BCUT2D eigenvalue weighted by Gasteiger charge is 2.08. The molecule has 0 aromatic rings. The van der Waals surface area contributed by atoms with Crippen LogP contribution >= 0.6 is 0 Å². The number of ketones is 1. The molecule has 0 atom stereocenters. The van der Waals surface area contributed by atoms with Crippen molar-refractivity contribution in [2.75, 3.05) is 13.2 Å². The number of carbonyl (C=O) groups is 2. The zero-order chi connectivity index (χ0) is 7.28. The molecule has 0 saturated heterocycles. The fourth-order valence-electron chi connectivity index (χ4n) is 0.331. The van der Waals surface area contributed by atoms with Gasteiger partial charge in [-0.2, -0.15) is 0 Å². The van der Waals surface area contributed by atoms with Gasteiger partial charge in [0.1, 0.15) is 6.61 Å². The number of hydrogen-bond acceptors (Lipinski definition) is 3. The van der Waals surface area contributed by atoms with Crippen molar-refractivity contribution in [1.29, 1.82) is 0 Å². The largest absolute Gasteiger partial charge is 0.388 e. The molecule has 0 aromatic heterocycles. The van der Waals surface area contributed by atoms with Gasteiger partial charge in [0, 0.05) is 6.54 Å². The van der Waals surface area contributed by atoms with E-state index in [1.54, 1.807) is 6.92 Å². The molecule has 9 heavy (non-hydrogen) atoms. The van der Waals surface area contributed by atoms with Crippen molar-refractivity contribution >= 4 is 11.7 Å². The fraction of sp³-hybridized carbons (Fsp3) is 0.600. The van der Waals surface area contributed by atoms with E-state index < -0.39 is 18.3 Å². The summed E-state index contributed by atoms with van der Waals surface area (Å²) in [6, 6.07) is 0. The van der Waals surface area contributed by atoms with E-state index >= 15 is 0 Å². The molecule has 4 heteroatoms. The lowest BCUT2D eigenvalue weighted by molar-refractivity contribution is -0.139. The van der Waals surface area contributed by atoms with Crippen LogP contribution in [0.3, 0.4) is 0 Å². The average molecular weight is 131 g/mol. The van der Waals surface area contributed by atoms with Gasteiger partial charge in [0.2, 0.25) is 5.78 Å². The van der Waals surface area contributed by atoms with Gasteiger partial charge in [-0.05, 0) is 6.92 Å². The molecule has 0 rings (SSSR count). The lowest BCUT2D eigenvalue weighted by atomic mass is 10.4. The average Bonchev–Trinajstić information content (AvgIpc) is 1.87. The van der Waals surface area contributed by atoms with E-state index in [2.05, 4.69) is 5.32 Å². The maximum atomic E-state index is 10.4. The summed E-state index contributed by atoms with van der Waals surface area (Å²) in [5, 5.41) is 10.4. The summed E-state index contributed by atoms with van der Waals surface area (Å²) < 4.78 is 0. The summed E-state index contributed by atoms with van der Waals surface area (Å²) in [5.74, 6) is -1.52. The third-order valence-electron chi connectivity index (χ3n) is 0.734. The molecule has 0 aliphatic rings. The highest BCUT2D eigenvalue weighted by atomic mass is 16.3. The van der Waals surface area contributed by atoms with Gasteiger partial charge in [-0.3, -0.25) is 9.59 Å². The number of aliphatic hydroxyl groups is 1. The van der Waals surface area contributed by atoms with Crippen molar-refractivity contribution in [3.8, 4) is 0 Å². The van der Waals surface area contributed by atoms with Crippen LogP contribution in [0.5, 0.6) is 0 Å². The molecule has 0 bridgehead atoms. The Morgan fingerprint density at radius 2 is 2.11 bits per heavy atom. The van der Waals surface area contributed by atoms with Crippen molar-refractivity contribution in [1.82, 2.24) is 5.32 Å². The Labute approximate surface area is 52.9 Å². The smallest absolute Gasteiger partial charge is 0.289 e. The van der Waals surface area contributed by atoms with E-state index in [0.29, 0.717) is 6.54 Å². The molecule has 4 nitrogen and oxygen atoms in total. The molecule has 2 N–H and O–H groups in total. The number of rotatable bonds is 3. The lowest BCUT2D eigenvalue weighted by Gasteiger charge is -1.95. The van der Waals surface area contributed by atoms with Crippen LogP contribution in [0.2, 0.25) is 0 Å². The zero-order valence-corrected chi connectivity index (χ0v) is 5.18. The van der Waals surface area contributed by atoms with E-state index in [1.165, 1.54) is 0 Å². The van der Waals surface area contributed by atoms with E-state index in [-0.39, 0.29) is 0 Å². The molecular formula is C5H9NO3. The van der Waals surface area contributed by atoms with Crippen LogP contribution in [0.4, 0.5) is 0 Å². The molecule has 0 fully saturated rings. The maximum Gasteiger partial charge on any atom is 0.289 e. The first-order valence-corrected chi connectivity index (χ1v) is 2.64. The third-order valence-corrected chi connectivity index (χ3v) is 0.734. The first kappa shape index (κ1) is 8.10. The van der Waals surface area contributed by atoms with E-state index in [4.69, 9.17) is 5.11 Å². The summed E-state index contributed by atoms with van der Waals surface area (Å²) in [7, 11) is 0. The molecule has 0 spiro atoms. The highest BCUT2D eigenvalue weighted by Crippen LogP contribution is 1.68. The third kappa shape index (κ3) is 2.81. The Morgan fingerprint density at radius 3 is 2.44 bits per heavy atom. The topological polar surface area (TPSA) is 66.4 Å². The Balaban J connectivity index is 3.60. The molecule has 1 amide bonds. The maximum absolute atomic E-state index is 10.4. The molecule has 0 aliphatic carbocycles. The number of carbonyl (C=O) groups excluding carboxylic acids is 2. The van der Waals surface area contributed by atoms with Gasteiger partial charge in [0.15, 0.2) is 0 Å². The quantitative estimate of drug-likeness (QED) is 0.467. The predicted molar refractivity (Wildman–Crippen MR) is 30.8 cm³/mol. The van der Waals surface area contributed by atoms with Crippen molar-refractivity contribution < 1.29 is 14.7 Å². The predicted octanol–water partition coefficient (Wildman–Crippen LogP) is -1.32. The Kier molecular flexibility index (Phi) is 3.62. The van der Waals surface area contributed by atoms with Crippen LogP contribution in [0.15, 0.2) is 0 Å². The summed E-state index contributed by atoms with van der Waals surface area (Å²) in [4.78, 5) is 20.6. The van der Waals surface area contributed by atoms with Gasteiger partial charge in [0.25, 0.3) is 5.91 Å². The van der Waals surface area contributed by atoms with Crippen LogP contribution in [0.25, 0.3) is 0 Å². The summed E-state index contributed by atoms with van der Waals surface area (Å²) in [6.07, 6.45) is 0. The first-order valence-electron chi connectivity index (χ1n) is 2.64. The van der Waals surface area contributed by atoms with Gasteiger partial charge >= 0.3 is 0 Å². The minimum absolute atomic E-state index is 0.407. The monoisotopic (exact) mass is 131 g/mol. The number of amides is 1. The normalized spacial score (nSPS) is 8.67. The van der Waals surface area contributed by atoms with Gasteiger partial charge in [-0.25, -0.2) is 0 Å². The Bertz CT molecular complexity index is 121. The zero-order valence-electron chi connectivity index (χ0n) is 5.18. The van der Waals surface area contributed by atoms with E-state index in [0.717, 1.165) is 0 Å². The second kappa shape index (κ2) is 4.03. The molecule has 0 heterocycles. The van der Waals surface area contributed by atoms with E-state index in [9.17, 15) is 9.59 Å². The van der Waals surface area contributed by atoms with Crippen molar-refractivity contribution in [3.63, 3.8) is 0 Å². The molecule has 0 unspecified atom stereocenters. The Hall–Kier alpha value is -0.900. The second-order valence-electron chi connectivity index (χ2n) is 1.44. The molecule has 0 aliphatic heterocycles. The number of aliphatic hydroxyl groups excluding tert-OH is 1.